The van der Waals surface area contributed by atoms with E-state index in [0.717, 1.165) is 0 Å². The third-order valence-electron chi connectivity index (χ3n) is 3.26. The second-order valence-electron chi connectivity index (χ2n) is 4.70. The van der Waals surface area contributed by atoms with Gasteiger partial charge < -0.3 is 9.80 Å². The molecule has 3 rings (SSSR count). The van der Waals surface area contributed by atoms with Gasteiger partial charge in [-0.15, -0.1) is 20.5 Å². The van der Waals surface area contributed by atoms with E-state index in [9.17, 15) is 9.59 Å². The maximum absolute atomic E-state index is 11.5. The fraction of sp³-hybridized carbons (Fsp3) is 0.333. The molecule has 0 spiro atoms. The van der Waals surface area contributed by atoms with Crippen LogP contribution in [0.2, 0.25) is 0 Å². The van der Waals surface area contributed by atoms with Crippen LogP contribution in [0.3, 0.4) is 0 Å². The Labute approximate surface area is 125 Å². The Balaban J connectivity index is 1.64. The van der Waals surface area contributed by atoms with E-state index in [1.54, 1.807) is 0 Å². The highest BCUT2D eigenvalue weighted by molar-refractivity contribution is 6.04. The van der Waals surface area contributed by atoms with Crippen molar-refractivity contribution >= 4 is 23.7 Å². The first-order chi connectivity index (χ1) is 10.5. The van der Waals surface area contributed by atoms with Crippen LogP contribution >= 0.6 is 0 Å². The summed E-state index contributed by atoms with van der Waals surface area (Å²) in [6.45, 7) is 9.05. The van der Waals surface area contributed by atoms with Crippen molar-refractivity contribution in [1.82, 2.24) is 9.80 Å². The zero-order valence-electron chi connectivity index (χ0n) is 11.6. The van der Waals surface area contributed by atoms with Crippen molar-refractivity contribution in [3.8, 4) is 0 Å². The molecule has 0 saturated carbocycles. The minimum Gasteiger partial charge on any atom is -0.336 e. The molecular formula is C12H12N8O2. The SMILES string of the molecule is C=C1N=NC(N2CCN(C3=NC(=O)C(=C)N=N3)CC2)=NC1=O. The van der Waals surface area contributed by atoms with Gasteiger partial charge in [0.05, 0.1) is 0 Å². The number of piperazine rings is 1. The van der Waals surface area contributed by atoms with E-state index in [1.807, 2.05) is 9.80 Å². The summed E-state index contributed by atoms with van der Waals surface area (Å²) in [7, 11) is 0. The molecule has 0 aromatic heterocycles. The molecule has 3 aliphatic rings. The number of carbonyl (C=O) groups excluding carboxylic acids is 2. The maximum atomic E-state index is 11.5. The monoisotopic (exact) mass is 300 g/mol. The number of amides is 2. The number of aliphatic imine (C=N–C) groups is 2. The molecule has 0 atom stereocenters. The van der Waals surface area contributed by atoms with Gasteiger partial charge in [-0.25, -0.2) is 0 Å². The van der Waals surface area contributed by atoms with Crippen LogP contribution < -0.4 is 0 Å². The molecule has 0 aromatic rings. The van der Waals surface area contributed by atoms with Crippen molar-refractivity contribution in [3.05, 3.63) is 24.6 Å². The first kappa shape index (κ1) is 13.9. The molecule has 3 heterocycles. The molecule has 0 aliphatic carbocycles. The molecule has 0 bridgehead atoms. The van der Waals surface area contributed by atoms with E-state index in [2.05, 4.69) is 43.6 Å². The van der Waals surface area contributed by atoms with E-state index in [-0.39, 0.29) is 23.3 Å². The van der Waals surface area contributed by atoms with Gasteiger partial charge in [0.2, 0.25) is 11.9 Å². The number of hydrogen-bond acceptors (Lipinski definition) is 8. The minimum absolute atomic E-state index is 0.0260. The normalized spacial score (nSPS) is 22.2. The van der Waals surface area contributed by atoms with Crippen LogP contribution in [-0.2, 0) is 9.59 Å². The van der Waals surface area contributed by atoms with Gasteiger partial charge in [-0.1, -0.05) is 13.2 Å². The maximum Gasteiger partial charge on any atom is 0.300 e. The quantitative estimate of drug-likeness (QED) is 0.599. The summed E-state index contributed by atoms with van der Waals surface area (Å²) in [6, 6.07) is 0. The molecule has 10 nitrogen and oxygen atoms in total. The van der Waals surface area contributed by atoms with Gasteiger partial charge in [-0.3, -0.25) is 9.59 Å². The van der Waals surface area contributed by atoms with Crippen molar-refractivity contribution < 1.29 is 9.59 Å². The molecule has 10 heteroatoms. The fourth-order valence-corrected chi connectivity index (χ4v) is 2.03. The fourth-order valence-electron chi connectivity index (χ4n) is 2.03. The lowest BCUT2D eigenvalue weighted by Gasteiger charge is -2.35. The third-order valence-corrected chi connectivity index (χ3v) is 3.26. The summed E-state index contributed by atoms with van der Waals surface area (Å²) < 4.78 is 0. The molecule has 0 aromatic carbocycles. The number of carbonyl (C=O) groups is 2. The topological polar surface area (TPSA) is 115 Å². The van der Waals surface area contributed by atoms with E-state index >= 15 is 0 Å². The lowest BCUT2D eigenvalue weighted by Crippen LogP contribution is -2.50. The minimum atomic E-state index is -0.484. The predicted molar refractivity (Wildman–Crippen MR) is 76.0 cm³/mol. The van der Waals surface area contributed by atoms with E-state index in [1.165, 1.54) is 0 Å². The number of hydrogen-bond donors (Lipinski definition) is 0. The van der Waals surface area contributed by atoms with Crippen LogP contribution in [0.1, 0.15) is 0 Å². The van der Waals surface area contributed by atoms with Crippen LogP contribution in [0.4, 0.5) is 0 Å². The lowest BCUT2D eigenvalue weighted by molar-refractivity contribution is -0.115. The third kappa shape index (κ3) is 2.57. The van der Waals surface area contributed by atoms with Crippen LogP contribution in [-0.4, -0.2) is 59.7 Å². The van der Waals surface area contributed by atoms with E-state index in [0.29, 0.717) is 26.2 Å². The van der Waals surface area contributed by atoms with Crippen LogP contribution in [0.5, 0.6) is 0 Å². The Bertz CT molecular complexity index is 634. The second kappa shape index (κ2) is 5.39. The standard InChI is InChI=1S/C12H12N8O2/c1-7-9(21)13-11(17-15-7)19-3-5-20(6-4-19)12-14-10(22)8(2)16-18-12/h1-6H2. The van der Waals surface area contributed by atoms with E-state index < -0.39 is 11.8 Å². The number of guanidine groups is 2. The molecule has 112 valence electrons. The molecular weight excluding hydrogens is 288 g/mol. The van der Waals surface area contributed by atoms with Gasteiger partial charge in [-0.2, -0.15) is 9.98 Å². The van der Waals surface area contributed by atoms with Crippen molar-refractivity contribution in [1.29, 1.82) is 0 Å². The van der Waals surface area contributed by atoms with Crippen LogP contribution in [0, 0.1) is 0 Å². The Morgan fingerprint density at radius 2 is 1.05 bits per heavy atom. The summed E-state index contributed by atoms with van der Waals surface area (Å²) in [5.74, 6) is -0.425. The average molecular weight is 300 g/mol. The molecule has 0 radical (unpaired) electrons. The van der Waals surface area contributed by atoms with Crippen molar-refractivity contribution in [2.45, 2.75) is 0 Å². The van der Waals surface area contributed by atoms with Gasteiger partial charge in [0, 0.05) is 26.2 Å². The summed E-state index contributed by atoms with van der Waals surface area (Å²) in [5.41, 5.74) is 0.0520. The Kier molecular flexibility index (Phi) is 3.41. The summed E-state index contributed by atoms with van der Waals surface area (Å²) >= 11 is 0. The number of azo groups is 2. The summed E-state index contributed by atoms with van der Waals surface area (Å²) in [6.07, 6.45) is 0. The zero-order chi connectivity index (χ0) is 15.7. The highest BCUT2D eigenvalue weighted by Crippen LogP contribution is 2.13. The highest BCUT2D eigenvalue weighted by atomic mass is 16.2. The van der Waals surface area contributed by atoms with Gasteiger partial charge in [0.15, 0.2) is 0 Å². The largest absolute Gasteiger partial charge is 0.336 e. The van der Waals surface area contributed by atoms with Crippen molar-refractivity contribution in [3.63, 3.8) is 0 Å². The van der Waals surface area contributed by atoms with Gasteiger partial charge in [0.25, 0.3) is 11.8 Å². The Morgan fingerprint density at radius 1 is 0.682 bits per heavy atom. The van der Waals surface area contributed by atoms with Gasteiger partial charge >= 0.3 is 0 Å². The zero-order valence-corrected chi connectivity index (χ0v) is 11.6. The van der Waals surface area contributed by atoms with E-state index in [4.69, 9.17) is 0 Å². The second-order valence-corrected chi connectivity index (χ2v) is 4.70. The van der Waals surface area contributed by atoms with Crippen molar-refractivity contribution in [2.75, 3.05) is 26.2 Å². The molecule has 1 fully saturated rings. The lowest BCUT2D eigenvalue weighted by atomic mass is 10.3. The van der Waals surface area contributed by atoms with Crippen LogP contribution in [0.25, 0.3) is 0 Å². The summed E-state index contributed by atoms with van der Waals surface area (Å²) in [4.78, 5) is 34.2. The van der Waals surface area contributed by atoms with Crippen molar-refractivity contribution in [2.24, 2.45) is 30.4 Å². The molecule has 22 heavy (non-hydrogen) atoms. The molecule has 0 unspecified atom stereocenters. The van der Waals surface area contributed by atoms with Gasteiger partial charge in [0.1, 0.15) is 11.4 Å². The Morgan fingerprint density at radius 3 is 1.36 bits per heavy atom. The first-order valence-corrected chi connectivity index (χ1v) is 6.52. The average Bonchev–Trinajstić information content (AvgIpc) is 2.53. The van der Waals surface area contributed by atoms with Crippen LogP contribution in [0.15, 0.2) is 55.0 Å². The molecule has 0 N–H and O–H groups in total. The van der Waals surface area contributed by atoms with Gasteiger partial charge in [-0.05, 0) is 0 Å². The number of nitrogens with zero attached hydrogens (tertiary/aromatic N) is 8. The molecule has 3 aliphatic heterocycles. The molecule has 1 saturated heterocycles. The predicted octanol–water partition coefficient (Wildman–Crippen LogP) is 0.328. The number of rotatable bonds is 0. The highest BCUT2D eigenvalue weighted by Gasteiger charge is 2.26. The molecule has 2 amide bonds. The Hall–Kier alpha value is -3.04. The smallest absolute Gasteiger partial charge is 0.300 e. The first-order valence-electron chi connectivity index (χ1n) is 6.52. The summed E-state index contributed by atoms with van der Waals surface area (Å²) in [5, 5.41) is 15.1.